The van der Waals surface area contributed by atoms with E-state index in [0.29, 0.717) is 18.4 Å². The number of benzene rings is 1. The van der Waals surface area contributed by atoms with Gasteiger partial charge in [0.05, 0.1) is 23.6 Å². The Morgan fingerprint density at radius 2 is 1.72 bits per heavy atom. The molecule has 1 saturated heterocycles. The lowest BCUT2D eigenvalue weighted by atomic mass is 9.84. The first kappa shape index (κ1) is 19.2. The molecule has 2 atom stereocenters. The van der Waals surface area contributed by atoms with Crippen molar-refractivity contribution >= 4 is 6.09 Å². The van der Waals surface area contributed by atoms with Crippen molar-refractivity contribution in [3.05, 3.63) is 35.4 Å². The standard InChI is InChI=1S/C19H24F2N2O2/c1-18(2,3)25-17(24)23-15(6-7-16(23)19(4,5)11-22)12-8-13(20)10-14(21)9-12/h8-10,15-16H,6-7H2,1-5H3/t15-,16+/m0/s1. The Balaban J connectivity index is 2.45. The smallest absolute Gasteiger partial charge is 0.411 e. The van der Waals surface area contributed by atoms with E-state index in [-0.39, 0.29) is 0 Å². The van der Waals surface area contributed by atoms with Gasteiger partial charge in [-0.3, -0.25) is 4.90 Å². The summed E-state index contributed by atoms with van der Waals surface area (Å²) < 4.78 is 32.8. The SMILES string of the molecule is CC(C)(C)OC(=O)N1[C@H](c2cc(F)cc(F)c2)CC[C@@H]1C(C)(C)C#N. The maximum atomic E-state index is 13.7. The minimum atomic E-state index is -0.808. The molecule has 0 unspecified atom stereocenters. The number of hydrogen-bond acceptors (Lipinski definition) is 3. The molecule has 1 amide bonds. The number of nitriles is 1. The van der Waals surface area contributed by atoms with Gasteiger partial charge in [-0.25, -0.2) is 13.6 Å². The number of ether oxygens (including phenoxy) is 1. The lowest BCUT2D eigenvalue weighted by molar-refractivity contribution is 0.00579. The minimum Gasteiger partial charge on any atom is -0.444 e. The number of amides is 1. The number of likely N-dealkylation sites (tertiary alicyclic amines) is 1. The summed E-state index contributed by atoms with van der Waals surface area (Å²) in [6.07, 6.45) is 0.494. The highest BCUT2D eigenvalue weighted by molar-refractivity contribution is 5.70. The quantitative estimate of drug-likeness (QED) is 0.758. The van der Waals surface area contributed by atoms with E-state index in [1.807, 2.05) is 0 Å². The number of hydrogen-bond donors (Lipinski definition) is 0. The number of carbonyl (C=O) groups excluding carboxylic acids is 1. The summed E-state index contributed by atoms with van der Waals surface area (Å²) in [7, 11) is 0. The number of halogens is 2. The van der Waals surface area contributed by atoms with Crippen LogP contribution >= 0.6 is 0 Å². The maximum absolute atomic E-state index is 13.7. The van der Waals surface area contributed by atoms with Gasteiger partial charge >= 0.3 is 6.09 Å². The van der Waals surface area contributed by atoms with Gasteiger partial charge < -0.3 is 4.74 Å². The van der Waals surface area contributed by atoms with E-state index in [1.165, 1.54) is 17.0 Å². The molecule has 136 valence electrons. The molecule has 6 heteroatoms. The first-order chi connectivity index (χ1) is 11.4. The lowest BCUT2D eigenvalue weighted by Gasteiger charge is -2.37. The van der Waals surface area contributed by atoms with Crippen molar-refractivity contribution in [2.45, 2.75) is 65.1 Å². The molecule has 0 spiro atoms. The highest BCUT2D eigenvalue weighted by Gasteiger charge is 2.47. The van der Waals surface area contributed by atoms with Crippen LogP contribution < -0.4 is 0 Å². The number of nitrogens with zero attached hydrogens (tertiary/aromatic N) is 2. The second kappa shape index (κ2) is 6.62. The zero-order valence-corrected chi connectivity index (χ0v) is 15.3. The Bertz CT molecular complexity index is 684. The first-order valence-electron chi connectivity index (χ1n) is 8.33. The van der Waals surface area contributed by atoms with E-state index in [2.05, 4.69) is 6.07 Å². The summed E-state index contributed by atoms with van der Waals surface area (Å²) in [4.78, 5) is 14.3. The predicted octanol–water partition coefficient (Wildman–Crippen LogP) is 4.96. The van der Waals surface area contributed by atoms with Gasteiger partial charge in [0.25, 0.3) is 0 Å². The Labute approximate surface area is 147 Å². The van der Waals surface area contributed by atoms with E-state index in [4.69, 9.17) is 4.74 Å². The monoisotopic (exact) mass is 350 g/mol. The summed E-state index contributed by atoms with van der Waals surface area (Å²) in [5.41, 5.74) is -1.14. The highest BCUT2D eigenvalue weighted by atomic mass is 19.1. The number of rotatable bonds is 2. The van der Waals surface area contributed by atoms with Crippen molar-refractivity contribution in [2.75, 3.05) is 0 Å². The lowest BCUT2D eigenvalue weighted by Crippen LogP contribution is -2.46. The zero-order valence-electron chi connectivity index (χ0n) is 15.3. The molecular formula is C19H24F2N2O2. The topological polar surface area (TPSA) is 53.3 Å². The van der Waals surface area contributed by atoms with Crippen LogP contribution in [-0.2, 0) is 4.74 Å². The Morgan fingerprint density at radius 1 is 1.16 bits per heavy atom. The summed E-state index contributed by atoms with van der Waals surface area (Å²) in [6.45, 7) is 8.76. The molecule has 4 nitrogen and oxygen atoms in total. The molecule has 0 N–H and O–H groups in total. The molecule has 0 aliphatic carbocycles. The van der Waals surface area contributed by atoms with Gasteiger partial charge in [0.2, 0.25) is 0 Å². The molecule has 1 heterocycles. The molecule has 0 bridgehead atoms. The van der Waals surface area contributed by atoms with Gasteiger partial charge in [0.1, 0.15) is 17.2 Å². The molecule has 1 aliphatic heterocycles. The molecule has 1 aliphatic rings. The minimum absolute atomic E-state index is 0.375. The molecule has 0 aromatic heterocycles. The van der Waals surface area contributed by atoms with E-state index < -0.39 is 40.8 Å². The summed E-state index contributed by atoms with van der Waals surface area (Å²) in [5, 5.41) is 9.48. The van der Waals surface area contributed by atoms with Crippen LogP contribution in [0.5, 0.6) is 0 Å². The van der Waals surface area contributed by atoms with Gasteiger partial charge in [-0.05, 0) is 65.2 Å². The third-order valence-corrected chi connectivity index (χ3v) is 4.38. The van der Waals surface area contributed by atoms with Crippen LogP contribution in [-0.4, -0.2) is 22.6 Å². The fourth-order valence-electron chi connectivity index (χ4n) is 3.26. The Hall–Kier alpha value is -2.16. The van der Waals surface area contributed by atoms with Crippen LogP contribution in [0.25, 0.3) is 0 Å². The van der Waals surface area contributed by atoms with Crippen LogP contribution in [0.15, 0.2) is 18.2 Å². The largest absolute Gasteiger partial charge is 0.444 e. The molecule has 1 aromatic rings. The fourth-order valence-corrected chi connectivity index (χ4v) is 3.26. The van der Waals surface area contributed by atoms with E-state index >= 15 is 0 Å². The maximum Gasteiger partial charge on any atom is 0.411 e. The van der Waals surface area contributed by atoms with Crippen molar-refractivity contribution in [2.24, 2.45) is 5.41 Å². The molecule has 0 radical (unpaired) electrons. The Morgan fingerprint density at radius 3 is 2.20 bits per heavy atom. The molecule has 0 saturated carbocycles. The third kappa shape index (κ3) is 4.28. The molecule has 25 heavy (non-hydrogen) atoms. The van der Waals surface area contributed by atoms with Crippen molar-refractivity contribution in [3.63, 3.8) is 0 Å². The first-order valence-corrected chi connectivity index (χ1v) is 8.33. The van der Waals surface area contributed by atoms with Gasteiger partial charge in [0.15, 0.2) is 0 Å². The second-order valence-electron chi connectivity index (χ2n) is 8.03. The van der Waals surface area contributed by atoms with Gasteiger partial charge in [0, 0.05) is 6.07 Å². The highest BCUT2D eigenvalue weighted by Crippen LogP contribution is 2.44. The van der Waals surface area contributed by atoms with Crippen LogP contribution in [0.2, 0.25) is 0 Å². The molecular weight excluding hydrogens is 326 g/mol. The van der Waals surface area contributed by atoms with Crippen molar-refractivity contribution in [3.8, 4) is 6.07 Å². The second-order valence-corrected chi connectivity index (χ2v) is 8.03. The molecule has 1 fully saturated rings. The summed E-state index contributed by atoms with van der Waals surface area (Å²) in [6, 6.07) is 4.56. The van der Waals surface area contributed by atoms with Crippen molar-refractivity contribution in [1.29, 1.82) is 5.26 Å². The number of carbonyl (C=O) groups is 1. The van der Waals surface area contributed by atoms with E-state index in [1.54, 1.807) is 34.6 Å². The average Bonchev–Trinajstić information content (AvgIpc) is 2.90. The Kier molecular flexibility index (Phi) is 5.08. The van der Waals surface area contributed by atoms with Crippen molar-refractivity contribution in [1.82, 2.24) is 4.90 Å². The van der Waals surface area contributed by atoms with Gasteiger partial charge in [-0.15, -0.1) is 0 Å². The van der Waals surface area contributed by atoms with E-state index in [9.17, 15) is 18.8 Å². The average molecular weight is 350 g/mol. The molecule has 2 rings (SSSR count). The fraction of sp³-hybridized carbons (Fsp3) is 0.579. The van der Waals surface area contributed by atoms with Crippen molar-refractivity contribution < 1.29 is 18.3 Å². The summed E-state index contributed by atoms with van der Waals surface area (Å²) >= 11 is 0. The molecule has 1 aromatic carbocycles. The van der Waals surface area contributed by atoms with Gasteiger partial charge in [-0.1, -0.05) is 0 Å². The van der Waals surface area contributed by atoms with Gasteiger partial charge in [-0.2, -0.15) is 5.26 Å². The van der Waals surface area contributed by atoms with E-state index in [0.717, 1.165) is 6.07 Å². The summed E-state index contributed by atoms with van der Waals surface area (Å²) in [5.74, 6) is -1.38. The van der Waals surface area contributed by atoms with Crippen LogP contribution in [0, 0.1) is 28.4 Å². The van der Waals surface area contributed by atoms with Crippen LogP contribution in [0.3, 0.4) is 0 Å². The normalized spacial score (nSPS) is 21.1. The van der Waals surface area contributed by atoms with Crippen LogP contribution in [0.4, 0.5) is 13.6 Å². The predicted molar refractivity (Wildman–Crippen MR) is 89.6 cm³/mol. The third-order valence-electron chi connectivity index (χ3n) is 4.38. The van der Waals surface area contributed by atoms with Crippen LogP contribution in [0.1, 0.15) is 59.1 Å². The zero-order chi connectivity index (χ0) is 19.0.